The van der Waals surface area contributed by atoms with Crippen molar-refractivity contribution in [2.75, 3.05) is 39.3 Å². The van der Waals surface area contributed by atoms with Gasteiger partial charge in [0.2, 0.25) is 0 Å². The highest BCUT2D eigenvalue weighted by molar-refractivity contribution is 7.08. The van der Waals surface area contributed by atoms with Gasteiger partial charge in [0.25, 0.3) is 5.91 Å². The van der Waals surface area contributed by atoms with Gasteiger partial charge in [0.1, 0.15) is 4.88 Å². The quantitative estimate of drug-likeness (QED) is 0.789. The van der Waals surface area contributed by atoms with Crippen LogP contribution in [0.1, 0.15) is 42.6 Å². The van der Waals surface area contributed by atoms with Crippen LogP contribution in [0.25, 0.3) is 0 Å². The van der Waals surface area contributed by atoms with E-state index in [1.165, 1.54) is 11.5 Å². The summed E-state index contributed by atoms with van der Waals surface area (Å²) in [4.78, 5) is 15.3. The lowest BCUT2D eigenvalue weighted by molar-refractivity contribution is 0.0953. The third kappa shape index (κ3) is 4.72. The summed E-state index contributed by atoms with van der Waals surface area (Å²) in [6.45, 7) is 12.2. The van der Waals surface area contributed by atoms with E-state index in [1.54, 1.807) is 0 Å². The third-order valence-electron chi connectivity index (χ3n) is 3.55. The molecule has 1 aromatic heterocycles. The largest absolute Gasteiger partial charge is 0.351 e. The smallest absolute Gasteiger partial charge is 0.264 e. The molecule has 0 saturated carbocycles. The highest BCUT2D eigenvalue weighted by atomic mass is 32.1. The van der Waals surface area contributed by atoms with Crippen molar-refractivity contribution in [1.82, 2.24) is 25.1 Å². The van der Waals surface area contributed by atoms with Crippen LogP contribution < -0.4 is 10.6 Å². The van der Waals surface area contributed by atoms with Crippen LogP contribution in [0.2, 0.25) is 0 Å². The molecule has 0 aliphatic carbocycles. The van der Waals surface area contributed by atoms with E-state index in [4.69, 9.17) is 0 Å². The van der Waals surface area contributed by atoms with Gasteiger partial charge < -0.3 is 15.5 Å². The molecule has 1 aliphatic heterocycles. The van der Waals surface area contributed by atoms with Gasteiger partial charge in [-0.05, 0) is 24.5 Å². The molecule has 21 heavy (non-hydrogen) atoms. The first-order valence-corrected chi connectivity index (χ1v) is 8.30. The zero-order valence-corrected chi connectivity index (χ0v) is 13.9. The van der Waals surface area contributed by atoms with Crippen molar-refractivity contribution in [3.8, 4) is 0 Å². The van der Waals surface area contributed by atoms with Crippen molar-refractivity contribution in [2.24, 2.45) is 0 Å². The number of aromatic nitrogens is 2. The van der Waals surface area contributed by atoms with Crippen molar-refractivity contribution < 1.29 is 4.79 Å². The van der Waals surface area contributed by atoms with Crippen molar-refractivity contribution >= 4 is 17.4 Å². The fourth-order valence-corrected chi connectivity index (χ4v) is 3.14. The lowest BCUT2D eigenvalue weighted by Crippen LogP contribution is -2.44. The molecule has 0 unspecified atom stereocenters. The molecular weight excluding hydrogens is 286 g/mol. The van der Waals surface area contributed by atoms with E-state index in [1.807, 2.05) is 20.8 Å². The minimum absolute atomic E-state index is 0.0461. The Morgan fingerprint density at radius 3 is 2.76 bits per heavy atom. The number of carbonyl (C=O) groups is 1. The molecule has 0 bridgehead atoms. The Hall–Kier alpha value is -1.05. The number of nitrogens with one attached hydrogen (secondary N) is 2. The minimum atomic E-state index is -0.152. The molecule has 0 aromatic carbocycles. The fraction of sp³-hybridized carbons (Fsp3) is 0.786. The molecule has 1 saturated heterocycles. The molecule has 2 N–H and O–H groups in total. The van der Waals surface area contributed by atoms with E-state index < -0.39 is 0 Å². The summed E-state index contributed by atoms with van der Waals surface area (Å²) in [5.41, 5.74) is 0.632. The topological polar surface area (TPSA) is 70.2 Å². The van der Waals surface area contributed by atoms with Crippen molar-refractivity contribution in [3.63, 3.8) is 0 Å². The Kier molecular flexibility index (Phi) is 5.66. The predicted molar refractivity (Wildman–Crippen MR) is 84.9 cm³/mol. The number of rotatable bonds is 5. The predicted octanol–water partition coefficient (Wildman–Crippen LogP) is 0.861. The highest BCUT2D eigenvalue weighted by Gasteiger charge is 2.26. The molecule has 118 valence electrons. The summed E-state index contributed by atoms with van der Waals surface area (Å²) in [6.07, 6.45) is 0.975. The molecule has 0 atom stereocenters. The molecule has 1 aliphatic rings. The second-order valence-corrected chi connectivity index (χ2v) is 7.16. The molecule has 1 fully saturated rings. The average molecular weight is 311 g/mol. The summed E-state index contributed by atoms with van der Waals surface area (Å²) in [7, 11) is 0. The van der Waals surface area contributed by atoms with Gasteiger partial charge in [0.15, 0.2) is 0 Å². The molecule has 2 rings (SSSR count). The second-order valence-electron chi connectivity index (χ2n) is 6.40. The average Bonchev–Trinajstić information content (AvgIpc) is 2.94. The maximum absolute atomic E-state index is 12.2. The summed E-state index contributed by atoms with van der Waals surface area (Å²) in [6, 6.07) is 0. The van der Waals surface area contributed by atoms with Crippen molar-refractivity contribution in [3.05, 3.63) is 10.6 Å². The van der Waals surface area contributed by atoms with Crippen LogP contribution in [0.3, 0.4) is 0 Å². The monoisotopic (exact) mass is 311 g/mol. The lowest BCUT2D eigenvalue weighted by atomic mass is 9.91. The summed E-state index contributed by atoms with van der Waals surface area (Å²) in [5, 5.41) is 10.4. The number of nitrogens with zero attached hydrogens (tertiary/aromatic N) is 3. The highest BCUT2D eigenvalue weighted by Crippen LogP contribution is 2.25. The van der Waals surface area contributed by atoms with E-state index in [9.17, 15) is 4.79 Å². The first-order valence-electron chi connectivity index (χ1n) is 7.52. The molecular formula is C14H25N5OS. The Labute approximate surface area is 130 Å². The van der Waals surface area contributed by atoms with Gasteiger partial charge in [-0.2, -0.15) is 0 Å². The van der Waals surface area contributed by atoms with Crippen LogP contribution >= 0.6 is 11.5 Å². The van der Waals surface area contributed by atoms with Crippen LogP contribution in [-0.2, 0) is 5.41 Å². The van der Waals surface area contributed by atoms with Gasteiger partial charge in [-0.25, -0.2) is 0 Å². The molecule has 1 aromatic rings. The van der Waals surface area contributed by atoms with Gasteiger partial charge in [-0.15, -0.1) is 5.10 Å². The Morgan fingerprint density at radius 2 is 2.10 bits per heavy atom. The fourth-order valence-electron chi connectivity index (χ4n) is 2.35. The molecule has 7 heteroatoms. The Bertz CT molecular complexity index is 462. The Morgan fingerprint density at radius 1 is 1.38 bits per heavy atom. The lowest BCUT2D eigenvalue weighted by Gasteiger charge is -2.27. The molecule has 1 amide bonds. The SMILES string of the molecule is CC(C)(C)c1nnsc1C(=O)NCCCN1CCNCC1. The summed E-state index contributed by atoms with van der Waals surface area (Å²) >= 11 is 1.18. The first-order chi connectivity index (χ1) is 9.98. The first kappa shape index (κ1) is 16.3. The minimum Gasteiger partial charge on any atom is -0.351 e. The zero-order chi connectivity index (χ0) is 15.3. The number of hydrogen-bond acceptors (Lipinski definition) is 6. The number of hydrogen-bond donors (Lipinski definition) is 2. The molecule has 0 radical (unpaired) electrons. The van der Waals surface area contributed by atoms with E-state index in [0.29, 0.717) is 11.4 Å². The van der Waals surface area contributed by atoms with Crippen molar-refractivity contribution in [2.45, 2.75) is 32.6 Å². The van der Waals surface area contributed by atoms with Gasteiger partial charge in [0.05, 0.1) is 5.69 Å². The van der Waals surface area contributed by atoms with E-state index in [-0.39, 0.29) is 11.3 Å². The van der Waals surface area contributed by atoms with Gasteiger partial charge >= 0.3 is 0 Å². The maximum atomic E-state index is 12.2. The Balaban J connectivity index is 1.76. The third-order valence-corrected chi connectivity index (χ3v) is 4.28. The van der Waals surface area contributed by atoms with Gasteiger partial charge in [-0.3, -0.25) is 4.79 Å². The summed E-state index contributed by atoms with van der Waals surface area (Å²) < 4.78 is 3.93. The van der Waals surface area contributed by atoms with Gasteiger partial charge in [-0.1, -0.05) is 25.3 Å². The molecule has 2 heterocycles. The maximum Gasteiger partial charge on any atom is 0.264 e. The van der Waals surface area contributed by atoms with Crippen LogP contribution in [0.15, 0.2) is 0 Å². The standard InChI is InChI=1S/C14H25N5OS/c1-14(2,3)12-11(21-18-17-12)13(20)16-5-4-8-19-9-6-15-7-10-19/h15H,4-10H2,1-3H3,(H,16,20). The van der Waals surface area contributed by atoms with E-state index >= 15 is 0 Å². The summed E-state index contributed by atoms with van der Waals surface area (Å²) in [5.74, 6) is -0.0461. The van der Waals surface area contributed by atoms with Crippen LogP contribution in [-0.4, -0.2) is 59.7 Å². The van der Waals surface area contributed by atoms with E-state index in [2.05, 4.69) is 25.1 Å². The van der Waals surface area contributed by atoms with Crippen LogP contribution in [0, 0.1) is 0 Å². The second kappa shape index (κ2) is 7.29. The normalized spacial score (nSPS) is 16.9. The zero-order valence-electron chi connectivity index (χ0n) is 13.1. The molecule has 0 spiro atoms. The number of piperazine rings is 1. The molecule has 6 nitrogen and oxygen atoms in total. The van der Waals surface area contributed by atoms with E-state index in [0.717, 1.165) is 44.8 Å². The van der Waals surface area contributed by atoms with Crippen LogP contribution in [0.4, 0.5) is 0 Å². The number of amides is 1. The number of carbonyl (C=O) groups excluding carboxylic acids is 1. The van der Waals surface area contributed by atoms with Gasteiger partial charge in [0, 0.05) is 38.1 Å². The van der Waals surface area contributed by atoms with Crippen LogP contribution in [0.5, 0.6) is 0 Å². The van der Waals surface area contributed by atoms with Crippen molar-refractivity contribution in [1.29, 1.82) is 0 Å².